The molecule has 1 saturated heterocycles. The highest BCUT2D eigenvalue weighted by molar-refractivity contribution is 7.99. The Morgan fingerprint density at radius 2 is 1.72 bits per heavy atom. The monoisotopic (exact) mass is 471 g/mol. The van der Waals surface area contributed by atoms with Gasteiger partial charge in [0.05, 0.1) is 10.6 Å². The maximum Gasteiger partial charge on any atom is 0.264 e. The molecule has 3 heterocycles. The van der Waals surface area contributed by atoms with E-state index in [1.165, 1.54) is 27.8 Å². The number of hydrogen-bond acceptors (Lipinski definition) is 8. The number of thiophene rings is 1. The average molecular weight is 472 g/mol. The summed E-state index contributed by atoms with van der Waals surface area (Å²) in [6, 6.07) is 10.5. The van der Waals surface area contributed by atoms with E-state index in [2.05, 4.69) is 20.8 Å². The molecule has 32 heavy (non-hydrogen) atoms. The molecule has 1 N–H and O–H groups in total. The van der Waals surface area contributed by atoms with Gasteiger partial charge in [0, 0.05) is 44.5 Å². The number of carbonyl (C=O) groups is 3. The van der Waals surface area contributed by atoms with Gasteiger partial charge in [-0.3, -0.25) is 14.4 Å². The maximum absolute atomic E-state index is 12.8. The Labute approximate surface area is 192 Å². The van der Waals surface area contributed by atoms with E-state index < -0.39 is 0 Å². The van der Waals surface area contributed by atoms with Crippen molar-refractivity contribution in [3.63, 3.8) is 0 Å². The number of thioether (sulfide) groups is 1. The lowest BCUT2D eigenvalue weighted by molar-refractivity contribution is -0.113. The van der Waals surface area contributed by atoms with E-state index in [4.69, 9.17) is 0 Å². The first-order valence-electron chi connectivity index (χ1n) is 9.88. The molecule has 10 nitrogen and oxygen atoms in total. The second kappa shape index (κ2) is 9.92. The standard InChI is InChI=1S/C20H21N7O3S2/c1-25-20(22-23-24-25)32-13-17(28)21-15-6-4-14(5-7-15)18(29)26-8-10-27(11-9-26)19(30)16-3-2-12-31-16/h2-7,12H,8-11,13H2,1H3,(H,21,28). The third-order valence-electron chi connectivity index (χ3n) is 4.92. The minimum Gasteiger partial charge on any atom is -0.335 e. The summed E-state index contributed by atoms with van der Waals surface area (Å²) in [6.45, 7) is 2.00. The van der Waals surface area contributed by atoms with E-state index in [-0.39, 0.29) is 23.5 Å². The van der Waals surface area contributed by atoms with Gasteiger partial charge in [0.15, 0.2) is 0 Å². The highest BCUT2D eigenvalue weighted by atomic mass is 32.2. The largest absolute Gasteiger partial charge is 0.335 e. The number of aryl methyl sites for hydroxylation is 1. The van der Waals surface area contributed by atoms with Crippen molar-refractivity contribution in [3.05, 3.63) is 52.2 Å². The smallest absolute Gasteiger partial charge is 0.264 e. The molecule has 1 aromatic carbocycles. The Bertz CT molecular complexity index is 1090. The van der Waals surface area contributed by atoms with Crippen molar-refractivity contribution in [2.24, 2.45) is 7.05 Å². The zero-order valence-corrected chi connectivity index (χ0v) is 18.9. The number of anilines is 1. The number of nitrogens with zero attached hydrogens (tertiary/aromatic N) is 6. The minimum atomic E-state index is -0.191. The molecule has 0 radical (unpaired) electrons. The van der Waals surface area contributed by atoms with Gasteiger partial charge in [-0.1, -0.05) is 17.8 Å². The predicted molar refractivity (Wildman–Crippen MR) is 121 cm³/mol. The lowest BCUT2D eigenvalue weighted by Gasteiger charge is -2.34. The molecule has 12 heteroatoms. The molecular weight excluding hydrogens is 450 g/mol. The molecule has 4 rings (SSSR count). The van der Waals surface area contributed by atoms with Gasteiger partial charge >= 0.3 is 0 Å². The van der Waals surface area contributed by atoms with Crippen molar-refractivity contribution in [2.75, 3.05) is 37.2 Å². The highest BCUT2D eigenvalue weighted by Crippen LogP contribution is 2.17. The van der Waals surface area contributed by atoms with E-state index in [0.717, 1.165) is 0 Å². The van der Waals surface area contributed by atoms with Crippen LogP contribution in [-0.4, -0.2) is 79.7 Å². The summed E-state index contributed by atoms with van der Waals surface area (Å²) < 4.78 is 1.50. The van der Waals surface area contributed by atoms with Crippen molar-refractivity contribution in [1.82, 2.24) is 30.0 Å². The molecule has 3 amide bonds. The van der Waals surface area contributed by atoms with Crippen molar-refractivity contribution >= 4 is 46.5 Å². The Morgan fingerprint density at radius 3 is 2.31 bits per heavy atom. The van der Waals surface area contributed by atoms with Crippen LogP contribution in [0.5, 0.6) is 0 Å². The fourth-order valence-corrected chi connectivity index (χ4v) is 4.56. The normalized spacial score (nSPS) is 13.8. The SMILES string of the molecule is Cn1nnnc1SCC(=O)Nc1ccc(C(=O)N2CCN(C(=O)c3cccs3)CC2)cc1. The Hall–Kier alpha value is -3.25. The van der Waals surface area contributed by atoms with E-state index in [1.807, 2.05) is 17.5 Å². The first-order valence-corrected chi connectivity index (χ1v) is 11.7. The topological polar surface area (TPSA) is 113 Å². The van der Waals surface area contributed by atoms with Crippen LogP contribution in [-0.2, 0) is 11.8 Å². The van der Waals surface area contributed by atoms with Gasteiger partial charge in [0.25, 0.3) is 11.8 Å². The number of aromatic nitrogens is 4. The summed E-state index contributed by atoms with van der Waals surface area (Å²) in [5, 5.41) is 16.3. The molecule has 0 atom stereocenters. The van der Waals surface area contributed by atoms with Crippen molar-refractivity contribution in [2.45, 2.75) is 5.16 Å². The molecule has 2 aromatic heterocycles. The quantitative estimate of drug-likeness (QED) is 0.543. The molecular formula is C20H21N7O3S2. The fraction of sp³-hybridized carbons (Fsp3) is 0.300. The van der Waals surface area contributed by atoms with Crippen LogP contribution in [0.2, 0.25) is 0 Å². The van der Waals surface area contributed by atoms with Crippen LogP contribution >= 0.6 is 23.1 Å². The summed E-state index contributed by atoms with van der Waals surface area (Å²) in [4.78, 5) is 41.7. The first-order chi connectivity index (χ1) is 15.5. The summed E-state index contributed by atoms with van der Waals surface area (Å²) >= 11 is 2.66. The number of benzene rings is 1. The molecule has 1 aliphatic rings. The van der Waals surface area contributed by atoms with Gasteiger partial charge in [0.2, 0.25) is 11.1 Å². The third-order valence-corrected chi connectivity index (χ3v) is 6.78. The molecule has 0 bridgehead atoms. The lowest BCUT2D eigenvalue weighted by atomic mass is 10.1. The van der Waals surface area contributed by atoms with Gasteiger partial charge in [-0.15, -0.1) is 16.4 Å². The molecule has 0 saturated carbocycles. The number of nitrogens with one attached hydrogen (secondary N) is 1. The molecule has 1 fully saturated rings. The molecule has 1 aliphatic heterocycles. The van der Waals surface area contributed by atoms with Gasteiger partial charge < -0.3 is 15.1 Å². The van der Waals surface area contributed by atoms with E-state index in [1.54, 1.807) is 41.1 Å². The third kappa shape index (κ3) is 5.14. The predicted octanol–water partition coefficient (Wildman–Crippen LogP) is 1.60. The van der Waals surface area contributed by atoms with Crippen LogP contribution < -0.4 is 5.32 Å². The molecule has 0 aliphatic carbocycles. The number of piperazine rings is 1. The average Bonchev–Trinajstić information content (AvgIpc) is 3.49. The zero-order valence-electron chi connectivity index (χ0n) is 17.3. The van der Waals surface area contributed by atoms with Crippen LogP contribution in [0.1, 0.15) is 20.0 Å². The van der Waals surface area contributed by atoms with Gasteiger partial charge in [-0.25, -0.2) is 4.68 Å². The zero-order chi connectivity index (χ0) is 22.5. The van der Waals surface area contributed by atoms with Gasteiger partial charge in [-0.2, -0.15) is 0 Å². The highest BCUT2D eigenvalue weighted by Gasteiger charge is 2.25. The minimum absolute atomic E-state index is 0.0146. The van der Waals surface area contributed by atoms with Crippen molar-refractivity contribution < 1.29 is 14.4 Å². The molecule has 3 aromatic rings. The number of tetrazole rings is 1. The first kappa shape index (κ1) is 22.0. The van der Waals surface area contributed by atoms with Crippen LogP contribution in [0, 0.1) is 0 Å². The molecule has 0 spiro atoms. The van der Waals surface area contributed by atoms with Crippen molar-refractivity contribution in [3.8, 4) is 0 Å². The van der Waals surface area contributed by atoms with Crippen LogP contribution in [0.15, 0.2) is 46.9 Å². The Morgan fingerprint density at radius 1 is 1.03 bits per heavy atom. The summed E-state index contributed by atoms with van der Waals surface area (Å²) in [5.41, 5.74) is 1.15. The van der Waals surface area contributed by atoms with Gasteiger partial charge in [-0.05, 0) is 46.1 Å². The molecule has 0 unspecified atom stereocenters. The second-order valence-electron chi connectivity index (χ2n) is 7.06. The van der Waals surface area contributed by atoms with Crippen LogP contribution in [0.3, 0.4) is 0 Å². The maximum atomic E-state index is 12.8. The van der Waals surface area contributed by atoms with Crippen LogP contribution in [0.25, 0.3) is 0 Å². The van der Waals surface area contributed by atoms with E-state index in [0.29, 0.717) is 47.5 Å². The summed E-state index contributed by atoms with van der Waals surface area (Å²) in [7, 11) is 1.71. The molecule has 166 valence electrons. The van der Waals surface area contributed by atoms with Crippen LogP contribution in [0.4, 0.5) is 5.69 Å². The number of carbonyl (C=O) groups excluding carboxylic acids is 3. The second-order valence-corrected chi connectivity index (χ2v) is 8.95. The number of rotatable bonds is 6. The van der Waals surface area contributed by atoms with Gasteiger partial charge in [0.1, 0.15) is 0 Å². The summed E-state index contributed by atoms with van der Waals surface area (Å²) in [6.07, 6.45) is 0. The van der Waals surface area contributed by atoms with Crippen molar-refractivity contribution in [1.29, 1.82) is 0 Å². The summed E-state index contributed by atoms with van der Waals surface area (Å²) in [5.74, 6) is -0.0931. The Balaban J connectivity index is 1.26. The van der Waals surface area contributed by atoms with E-state index in [9.17, 15) is 14.4 Å². The fourth-order valence-electron chi connectivity index (χ4n) is 3.22. The lowest BCUT2D eigenvalue weighted by Crippen LogP contribution is -2.50. The number of hydrogen-bond donors (Lipinski definition) is 1. The van der Waals surface area contributed by atoms with E-state index >= 15 is 0 Å². The number of amides is 3. The Kier molecular flexibility index (Phi) is 6.81.